The highest BCUT2D eigenvalue weighted by Gasteiger charge is 2.27. The molecule has 0 heterocycles. The van der Waals surface area contributed by atoms with Gasteiger partial charge < -0.3 is 14.8 Å². The van der Waals surface area contributed by atoms with E-state index in [-0.39, 0.29) is 30.3 Å². The Kier molecular flexibility index (Phi) is 8.53. The quantitative estimate of drug-likeness (QED) is 0.635. The maximum Gasteiger partial charge on any atom is 0.314 e. The summed E-state index contributed by atoms with van der Waals surface area (Å²) in [5, 5.41) is 2.79. The van der Waals surface area contributed by atoms with Crippen molar-refractivity contribution in [3.05, 3.63) is 65.7 Å². The summed E-state index contributed by atoms with van der Waals surface area (Å²) in [4.78, 5) is 24.6. The number of amides is 1. The van der Waals surface area contributed by atoms with E-state index in [4.69, 9.17) is 9.47 Å². The Morgan fingerprint density at radius 3 is 2.32 bits per heavy atom. The number of nitrogens with one attached hydrogen (secondary N) is 1. The van der Waals surface area contributed by atoms with E-state index in [1.165, 1.54) is 0 Å². The normalized spacial score (nSPS) is 12.7. The molecule has 0 aromatic heterocycles. The van der Waals surface area contributed by atoms with Crippen LogP contribution in [0.5, 0.6) is 5.75 Å². The topological polar surface area (TPSA) is 64.6 Å². The third-order valence-electron chi connectivity index (χ3n) is 4.87. The molecule has 0 bridgehead atoms. The molecule has 5 heteroatoms. The average molecular weight is 383 g/mol. The van der Waals surface area contributed by atoms with Crippen LogP contribution in [0.15, 0.2) is 54.6 Å². The second kappa shape index (κ2) is 11.1. The lowest BCUT2D eigenvalue weighted by molar-refractivity contribution is -0.151. The van der Waals surface area contributed by atoms with Crippen molar-refractivity contribution in [2.75, 3.05) is 20.3 Å². The van der Waals surface area contributed by atoms with E-state index < -0.39 is 0 Å². The Morgan fingerprint density at radius 1 is 1.04 bits per heavy atom. The SMILES string of the molecule is CC[C@@H](C)[C@H](C(=O)OCC(=O)NCCc1ccc(OC)cc1)c1ccccc1. The third-order valence-corrected chi connectivity index (χ3v) is 4.87. The molecule has 2 rings (SSSR count). The number of methoxy groups -OCH3 is 1. The van der Waals surface area contributed by atoms with E-state index in [9.17, 15) is 9.59 Å². The van der Waals surface area contributed by atoms with Gasteiger partial charge in [-0.2, -0.15) is 0 Å². The largest absolute Gasteiger partial charge is 0.497 e. The minimum absolute atomic E-state index is 0.132. The van der Waals surface area contributed by atoms with E-state index in [2.05, 4.69) is 5.32 Å². The molecule has 0 radical (unpaired) electrons. The van der Waals surface area contributed by atoms with E-state index in [1.807, 2.05) is 68.4 Å². The first-order valence-corrected chi connectivity index (χ1v) is 9.66. The van der Waals surface area contributed by atoms with Crippen LogP contribution in [0.4, 0.5) is 0 Å². The first kappa shape index (κ1) is 21.5. The lowest BCUT2D eigenvalue weighted by atomic mass is 9.86. The summed E-state index contributed by atoms with van der Waals surface area (Å²) >= 11 is 0. The van der Waals surface area contributed by atoms with Crippen LogP contribution in [0.1, 0.15) is 37.3 Å². The highest BCUT2D eigenvalue weighted by molar-refractivity contribution is 5.83. The molecule has 0 saturated carbocycles. The van der Waals surface area contributed by atoms with Gasteiger partial charge in [0.25, 0.3) is 5.91 Å². The van der Waals surface area contributed by atoms with Crippen LogP contribution in [0.25, 0.3) is 0 Å². The van der Waals surface area contributed by atoms with Gasteiger partial charge in [0.2, 0.25) is 0 Å². The molecule has 5 nitrogen and oxygen atoms in total. The van der Waals surface area contributed by atoms with Crippen molar-refractivity contribution in [2.24, 2.45) is 5.92 Å². The Bertz CT molecular complexity index is 743. The molecule has 2 aromatic rings. The van der Waals surface area contributed by atoms with Crippen molar-refractivity contribution in [1.29, 1.82) is 0 Å². The van der Waals surface area contributed by atoms with E-state index >= 15 is 0 Å². The number of hydrogen-bond donors (Lipinski definition) is 1. The Balaban J connectivity index is 1.80. The molecule has 2 atom stereocenters. The van der Waals surface area contributed by atoms with Crippen molar-refractivity contribution in [2.45, 2.75) is 32.6 Å². The van der Waals surface area contributed by atoms with Gasteiger partial charge in [-0.3, -0.25) is 9.59 Å². The van der Waals surface area contributed by atoms with Crippen molar-refractivity contribution >= 4 is 11.9 Å². The van der Waals surface area contributed by atoms with E-state index in [0.29, 0.717) is 13.0 Å². The van der Waals surface area contributed by atoms with Gasteiger partial charge in [-0.1, -0.05) is 62.7 Å². The second-order valence-electron chi connectivity index (χ2n) is 6.83. The Hall–Kier alpha value is -2.82. The van der Waals surface area contributed by atoms with Crippen LogP contribution in [0, 0.1) is 5.92 Å². The summed E-state index contributed by atoms with van der Waals surface area (Å²) in [6, 6.07) is 17.3. The molecule has 150 valence electrons. The Labute approximate surface area is 167 Å². The number of hydrogen-bond acceptors (Lipinski definition) is 4. The van der Waals surface area contributed by atoms with Crippen LogP contribution >= 0.6 is 0 Å². The predicted molar refractivity (Wildman–Crippen MR) is 109 cm³/mol. The van der Waals surface area contributed by atoms with Gasteiger partial charge in [0.15, 0.2) is 6.61 Å². The van der Waals surface area contributed by atoms with Crippen LogP contribution in [-0.4, -0.2) is 32.1 Å². The maximum absolute atomic E-state index is 12.6. The molecule has 0 aliphatic rings. The molecule has 2 aromatic carbocycles. The first-order valence-electron chi connectivity index (χ1n) is 9.66. The minimum Gasteiger partial charge on any atom is -0.497 e. The zero-order valence-corrected chi connectivity index (χ0v) is 16.8. The van der Waals surface area contributed by atoms with Crippen molar-refractivity contribution in [3.8, 4) is 5.75 Å². The fourth-order valence-electron chi connectivity index (χ4n) is 3.01. The monoisotopic (exact) mass is 383 g/mol. The molecule has 1 N–H and O–H groups in total. The molecule has 0 aliphatic heterocycles. The molecular weight excluding hydrogens is 354 g/mol. The third kappa shape index (κ3) is 6.41. The van der Waals surface area contributed by atoms with Gasteiger partial charge in [0.05, 0.1) is 13.0 Å². The number of benzene rings is 2. The number of carbonyl (C=O) groups is 2. The second-order valence-corrected chi connectivity index (χ2v) is 6.83. The maximum atomic E-state index is 12.6. The minimum atomic E-state index is -0.363. The summed E-state index contributed by atoms with van der Waals surface area (Å²) < 4.78 is 10.4. The van der Waals surface area contributed by atoms with Crippen LogP contribution in [0.2, 0.25) is 0 Å². The van der Waals surface area contributed by atoms with Gasteiger partial charge in [0.1, 0.15) is 5.75 Å². The molecule has 0 fully saturated rings. The van der Waals surface area contributed by atoms with Crippen molar-refractivity contribution in [1.82, 2.24) is 5.32 Å². The first-order chi connectivity index (χ1) is 13.5. The standard InChI is InChI=1S/C23H29NO4/c1-4-17(2)22(19-8-6-5-7-9-19)23(26)28-16-21(25)24-15-14-18-10-12-20(27-3)13-11-18/h5-13,17,22H,4,14-16H2,1-3H3,(H,24,25)/t17-,22+/m1/s1. The smallest absolute Gasteiger partial charge is 0.314 e. The van der Waals surface area contributed by atoms with Gasteiger partial charge >= 0.3 is 5.97 Å². The lowest BCUT2D eigenvalue weighted by Gasteiger charge is -2.21. The van der Waals surface area contributed by atoms with Gasteiger partial charge in [-0.15, -0.1) is 0 Å². The average Bonchev–Trinajstić information content (AvgIpc) is 2.73. The fourth-order valence-corrected chi connectivity index (χ4v) is 3.01. The highest BCUT2D eigenvalue weighted by Crippen LogP contribution is 2.28. The van der Waals surface area contributed by atoms with Gasteiger partial charge in [-0.05, 0) is 35.6 Å². The highest BCUT2D eigenvalue weighted by atomic mass is 16.5. The molecule has 0 saturated heterocycles. The zero-order valence-electron chi connectivity index (χ0n) is 16.8. The van der Waals surface area contributed by atoms with Crippen molar-refractivity contribution in [3.63, 3.8) is 0 Å². The summed E-state index contributed by atoms with van der Waals surface area (Å²) in [5.41, 5.74) is 2.01. The van der Waals surface area contributed by atoms with Crippen LogP contribution < -0.4 is 10.1 Å². The molecule has 28 heavy (non-hydrogen) atoms. The van der Waals surface area contributed by atoms with Gasteiger partial charge in [0, 0.05) is 6.54 Å². The number of rotatable bonds is 10. The summed E-state index contributed by atoms with van der Waals surface area (Å²) in [6.45, 7) is 4.28. The summed E-state index contributed by atoms with van der Waals surface area (Å²) in [6.07, 6.45) is 1.55. The Morgan fingerprint density at radius 2 is 1.71 bits per heavy atom. The molecule has 1 amide bonds. The number of ether oxygens (including phenoxy) is 2. The zero-order chi connectivity index (χ0) is 20.4. The summed E-state index contributed by atoms with van der Waals surface area (Å²) in [7, 11) is 1.63. The number of esters is 1. The van der Waals surface area contributed by atoms with Gasteiger partial charge in [-0.25, -0.2) is 0 Å². The van der Waals surface area contributed by atoms with Crippen molar-refractivity contribution < 1.29 is 19.1 Å². The lowest BCUT2D eigenvalue weighted by Crippen LogP contribution is -2.32. The molecule has 0 spiro atoms. The van der Waals surface area contributed by atoms with E-state index in [0.717, 1.165) is 23.3 Å². The van der Waals surface area contributed by atoms with E-state index in [1.54, 1.807) is 7.11 Å². The number of carbonyl (C=O) groups excluding carboxylic acids is 2. The van der Waals surface area contributed by atoms with Crippen LogP contribution in [0.3, 0.4) is 0 Å². The molecule has 0 unspecified atom stereocenters. The molecule has 0 aliphatic carbocycles. The van der Waals surface area contributed by atoms with Crippen LogP contribution in [-0.2, 0) is 20.7 Å². The fraction of sp³-hybridized carbons (Fsp3) is 0.391. The summed E-state index contributed by atoms with van der Waals surface area (Å²) in [5.74, 6) is -0.0796. The molecular formula is C23H29NO4. The predicted octanol–water partition coefficient (Wildman–Crippen LogP) is 3.73.